The quantitative estimate of drug-likeness (QED) is 0.189. The number of nitrogens with one attached hydrogen (secondary N) is 3. The van der Waals surface area contributed by atoms with Gasteiger partial charge in [0.05, 0.1) is 27.6 Å². The van der Waals surface area contributed by atoms with E-state index in [-0.39, 0.29) is 39.2 Å². The molecule has 3 aromatic rings. The molecule has 0 saturated carbocycles. The summed E-state index contributed by atoms with van der Waals surface area (Å²) in [6.07, 6.45) is 1.18. The Hall–Kier alpha value is -3.88. The number of aryl methyl sites for hydroxylation is 1. The molecule has 43 heavy (non-hydrogen) atoms. The smallest absolute Gasteiger partial charge is 0.315 e. The van der Waals surface area contributed by atoms with Crippen molar-refractivity contribution in [1.82, 2.24) is 16.0 Å². The van der Waals surface area contributed by atoms with Gasteiger partial charge in [-0.2, -0.15) is 0 Å². The predicted molar refractivity (Wildman–Crippen MR) is 167 cm³/mol. The molecule has 4 rings (SSSR count). The summed E-state index contributed by atoms with van der Waals surface area (Å²) < 4.78 is 0. The Morgan fingerprint density at radius 1 is 0.977 bits per heavy atom. The molecule has 8 nitrogen and oxygen atoms in total. The number of Topliss-reactive ketones (excluding diaryl/α,β-unsaturated/α-hetero) is 1. The van der Waals surface area contributed by atoms with Gasteiger partial charge < -0.3 is 21.1 Å². The molecule has 0 aliphatic heterocycles. The van der Waals surface area contributed by atoms with E-state index in [0.29, 0.717) is 6.54 Å². The Morgan fingerprint density at radius 3 is 2.35 bits per heavy atom. The lowest BCUT2D eigenvalue weighted by Gasteiger charge is -2.37. The Balaban J connectivity index is 1.36. The fourth-order valence-corrected chi connectivity index (χ4v) is 6.14. The van der Waals surface area contributed by atoms with Gasteiger partial charge >= 0.3 is 12.0 Å². The normalized spacial score (nSPS) is 16.0. The Bertz CT molecular complexity index is 1530. The molecule has 2 unspecified atom stereocenters. The number of urea groups is 1. The minimum atomic E-state index is -1.25. The number of hydrogen-bond donors (Lipinski definition) is 4. The second-order valence-electron chi connectivity index (χ2n) is 11.6. The first-order valence-corrected chi connectivity index (χ1v) is 14.8. The zero-order chi connectivity index (χ0) is 31.3. The van der Waals surface area contributed by atoms with Crippen LogP contribution in [0.5, 0.6) is 0 Å². The molecule has 2 atom stereocenters. The van der Waals surface area contributed by atoms with Crippen LogP contribution in [0.4, 0.5) is 4.79 Å². The summed E-state index contributed by atoms with van der Waals surface area (Å²) in [4.78, 5) is 50.6. The van der Waals surface area contributed by atoms with E-state index in [0.717, 1.165) is 29.5 Å². The van der Waals surface area contributed by atoms with E-state index in [4.69, 9.17) is 23.2 Å². The predicted octanol–water partition coefficient (Wildman–Crippen LogP) is 6.62. The highest BCUT2D eigenvalue weighted by molar-refractivity contribution is 6.40. The van der Waals surface area contributed by atoms with Crippen molar-refractivity contribution in [3.8, 4) is 0 Å². The number of carbonyl (C=O) groups excluding carboxylic acids is 3. The van der Waals surface area contributed by atoms with Gasteiger partial charge in [0, 0.05) is 25.1 Å². The number of ketones is 1. The van der Waals surface area contributed by atoms with Crippen LogP contribution >= 0.6 is 23.2 Å². The average Bonchev–Trinajstić information content (AvgIpc) is 2.95. The minimum absolute atomic E-state index is 0.00801. The van der Waals surface area contributed by atoms with Gasteiger partial charge in [-0.15, -0.1) is 0 Å². The molecular weight excluding hydrogens is 589 g/mol. The van der Waals surface area contributed by atoms with Crippen molar-refractivity contribution in [1.29, 1.82) is 0 Å². The highest BCUT2D eigenvalue weighted by atomic mass is 35.5. The van der Waals surface area contributed by atoms with Crippen molar-refractivity contribution in [2.75, 3.05) is 6.54 Å². The first kappa shape index (κ1) is 32.0. The summed E-state index contributed by atoms with van der Waals surface area (Å²) in [5, 5.41) is 18.0. The van der Waals surface area contributed by atoms with Gasteiger partial charge in [-0.05, 0) is 54.0 Å². The van der Waals surface area contributed by atoms with E-state index < -0.39 is 36.0 Å². The van der Waals surface area contributed by atoms with Crippen LogP contribution in [0.15, 0.2) is 60.7 Å². The summed E-state index contributed by atoms with van der Waals surface area (Å²) >= 11 is 12.7. The van der Waals surface area contributed by atoms with Crippen LogP contribution in [0.25, 0.3) is 0 Å². The van der Waals surface area contributed by atoms with Crippen LogP contribution in [-0.2, 0) is 16.8 Å². The first-order valence-electron chi connectivity index (χ1n) is 14.1. The summed E-state index contributed by atoms with van der Waals surface area (Å²) in [5.41, 5.74) is 4.28. The number of rotatable bonds is 10. The molecule has 0 fully saturated rings. The van der Waals surface area contributed by atoms with Crippen molar-refractivity contribution < 1.29 is 24.3 Å². The third kappa shape index (κ3) is 7.94. The number of carbonyl (C=O) groups is 4. The largest absolute Gasteiger partial charge is 0.481 e. The van der Waals surface area contributed by atoms with Crippen LogP contribution in [0.2, 0.25) is 10.0 Å². The molecule has 0 heterocycles. The molecule has 4 N–H and O–H groups in total. The van der Waals surface area contributed by atoms with Gasteiger partial charge in [-0.25, -0.2) is 4.79 Å². The highest BCUT2D eigenvalue weighted by Gasteiger charge is 2.33. The van der Waals surface area contributed by atoms with E-state index in [1.807, 2.05) is 49.4 Å². The second-order valence-corrected chi connectivity index (χ2v) is 12.4. The lowest BCUT2D eigenvalue weighted by Crippen LogP contribution is -2.43. The van der Waals surface area contributed by atoms with E-state index in [9.17, 15) is 24.3 Å². The number of carboxylic acid groups (broad SMARTS) is 1. The van der Waals surface area contributed by atoms with Gasteiger partial charge in [0.2, 0.25) is 0 Å². The Kier molecular flexibility index (Phi) is 10.1. The second kappa shape index (κ2) is 13.6. The van der Waals surface area contributed by atoms with E-state index in [2.05, 4.69) is 35.9 Å². The molecule has 226 valence electrons. The number of halogens is 2. The summed E-state index contributed by atoms with van der Waals surface area (Å²) in [5.74, 6) is -3.51. The van der Waals surface area contributed by atoms with Crippen molar-refractivity contribution in [2.24, 2.45) is 5.92 Å². The lowest BCUT2D eigenvalue weighted by molar-refractivity contribution is -0.141. The monoisotopic (exact) mass is 623 g/mol. The van der Waals surface area contributed by atoms with Crippen LogP contribution in [0.1, 0.15) is 82.1 Å². The van der Waals surface area contributed by atoms with E-state index >= 15 is 0 Å². The number of carboxylic acids is 1. The molecule has 0 spiro atoms. The number of benzene rings is 3. The third-order valence-electron chi connectivity index (χ3n) is 7.84. The van der Waals surface area contributed by atoms with E-state index in [1.165, 1.54) is 17.7 Å². The highest BCUT2D eigenvalue weighted by Crippen LogP contribution is 2.41. The maximum absolute atomic E-state index is 13.1. The van der Waals surface area contributed by atoms with Gasteiger partial charge in [0.1, 0.15) is 0 Å². The fourth-order valence-electron chi connectivity index (χ4n) is 5.44. The number of aliphatic carboxylic acids is 1. The lowest BCUT2D eigenvalue weighted by atomic mass is 9.71. The summed E-state index contributed by atoms with van der Waals surface area (Å²) in [7, 11) is 0. The topological polar surface area (TPSA) is 125 Å². The zero-order valence-electron chi connectivity index (χ0n) is 24.3. The average molecular weight is 625 g/mol. The fraction of sp³-hybridized carbons (Fsp3) is 0.333. The van der Waals surface area contributed by atoms with Crippen LogP contribution in [0, 0.1) is 12.8 Å². The van der Waals surface area contributed by atoms with Gasteiger partial charge in [-0.1, -0.05) is 91.1 Å². The zero-order valence-corrected chi connectivity index (χ0v) is 25.8. The third-order valence-corrected chi connectivity index (χ3v) is 8.43. The molecule has 0 saturated heterocycles. The molecule has 1 aliphatic rings. The molecule has 0 bridgehead atoms. The molecule has 1 aliphatic carbocycles. The SMILES string of the molecule is Cc1cccc(CNC(=O)c2cc(Cl)c(C(=O)CC(CNC(=O)NC3CCC(C)(C)c4ccccc43)C(=O)O)c(Cl)c2)c1. The Labute approximate surface area is 261 Å². The molecule has 0 aromatic heterocycles. The molecule has 0 radical (unpaired) electrons. The standard InChI is InChI=1S/C33H35Cl2N3O5/c1-19-7-6-8-20(13-19)17-36-30(40)21-14-25(34)29(26(35)15-21)28(39)16-22(31(41)42)18-37-32(43)38-27-11-12-33(2,3)24-10-5-4-9-23(24)27/h4-10,13-15,22,27H,11-12,16-18H2,1-3H3,(H,36,40)(H,41,42)(H2,37,38,43). The molecular formula is C33H35Cl2N3O5. The van der Waals surface area contributed by atoms with Gasteiger partial charge in [0.15, 0.2) is 5.78 Å². The molecule has 3 aromatic carbocycles. The first-order chi connectivity index (χ1) is 20.4. The molecule has 10 heteroatoms. The van der Waals surface area contributed by atoms with E-state index in [1.54, 1.807) is 0 Å². The van der Waals surface area contributed by atoms with Crippen molar-refractivity contribution in [3.63, 3.8) is 0 Å². The number of fused-ring (bicyclic) bond motifs is 1. The molecule has 3 amide bonds. The van der Waals surface area contributed by atoms with Crippen LogP contribution < -0.4 is 16.0 Å². The Morgan fingerprint density at radius 2 is 1.67 bits per heavy atom. The van der Waals surface area contributed by atoms with Gasteiger partial charge in [0.25, 0.3) is 5.91 Å². The number of amides is 3. The van der Waals surface area contributed by atoms with Crippen molar-refractivity contribution >= 4 is 46.9 Å². The summed E-state index contributed by atoms with van der Waals surface area (Å²) in [6.45, 7) is 6.32. The van der Waals surface area contributed by atoms with Crippen molar-refractivity contribution in [3.05, 3.63) is 104 Å². The van der Waals surface area contributed by atoms with Crippen molar-refractivity contribution in [2.45, 2.75) is 58.0 Å². The maximum Gasteiger partial charge on any atom is 0.315 e. The van der Waals surface area contributed by atoms with Gasteiger partial charge in [-0.3, -0.25) is 14.4 Å². The maximum atomic E-state index is 13.1. The minimum Gasteiger partial charge on any atom is -0.481 e. The van der Waals surface area contributed by atoms with Crippen LogP contribution in [-0.4, -0.2) is 35.3 Å². The van der Waals surface area contributed by atoms with Crippen LogP contribution in [0.3, 0.4) is 0 Å². The number of hydrogen-bond acceptors (Lipinski definition) is 4. The summed E-state index contributed by atoms with van der Waals surface area (Å²) in [6, 6.07) is 17.6.